The van der Waals surface area contributed by atoms with Gasteiger partial charge in [-0.05, 0) is 42.7 Å². The van der Waals surface area contributed by atoms with Crippen LogP contribution in [-0.2, 0) is 10.5 Å². The topological polar surface area (TPSA) is 38.3 Å². The van der Waals surface area contributed by atoms with Gasteiger partial charge in [-0.1, -0.05) is 36.4 Å². The maximum atomic E-state index is 11.8. The van der Waals surface area contributed by atoms with Crippen LogP contribution in [0.3, 0.4) is 0 Å². The van der Waals surface area contributed by atoms with Gasteiger partial charge >= 0.3 is 0 Å². The zero-order chi connectivity index (χ0) is 17.2. The molecule has 128 valence electrons. The Morgan fingerprint density at radius 2 is 1.79 bits per heavy atom. The van der Waals surface area contributed by atoms with E-state index in [4.69, 9.17) is 4.74 Å². The normalized spacial score (nSPS) is 10.4. The Bertz CT molecular complexity index is 623. The molecule has 0 spiro atoms. The second-order valence-electron chi connectivity index (χ2n) is 5.81. The van der Waals surface area contributed by atoms with Gasteiger partial charge in [0.2, 0.25) is 5.91 Å². The zero-order valence-electron chi connectivity index (χ0n) is 14.4. The van der Waals surface area contributed by atoms with Gasteiger partial charge in [0.15, 0.2) is 0 Å². The summed E-state index contributed by atoms with van der Waals surface area (Å²) in [6.45, 7) is 5.13. The molecule has 0 saturated carbocycles. The number of benzene rings is 2. The summed E-state index contributed by atoms with van der Waals surface area (Å²) in [5.74, 6) is 2.72. The number of amides is 1. The minimum atomic E-state index is 0.0829. The highest BCUT2D eigenvalue weighted by Crippen LogP contribution is 2.16. The SMILES string of the molecule is Cc1cc(C)cc(OCCNC(=O)CCSCc2ccccc2)c1. The molecule has 0 saturated heterocycles. The Morgan fingerprint density at radius 3 is 2.50 bits per heavy atom. The van der Waals surface area contributed by atoms with Crippen molar-refractivity contribution in [3.05, 3.63) is 65.2 Å². The van der Waals surface area contributed by atoms with Crippen molar-refractivity contribution >= 4 is 17.7 Å². The fourth-order valence-electron chi connectivity index (χ4n) is 2.39. The highest BCUT2D eigenvalue weighted by Gasteiger charge is 2.02. The van der Waals surface area contributed by atoms with Gasteiger partial charge in [0, 0.05) is 17.9 Å². The van der Waals surface area contributed by atoms with E-state index in [0.29, 0.717) is 19.6 Å². The van der Waals surface area contributed by atoms with Gasteiger partial charge in [-0.2, -0.15) is 11.8 Å². The maximum absolute atomic E-state index is 11.8. The molecule has 0 aromatic heterocycles. The molecule has 2 aromatic rings. The van der Waals surface area contributed by atoms with Gasteiger partial charge in [0.25, 0.3) is 0 Å². The second-order valence-corrected chi connectivity index (χ2v) is 6.92. The Morgan fingerprint density at radius 1 is 1.08 bits per heavy atom. The first kappa shape index (κ1) is 18.4. The molecule has 4 heteroatoms. The lowest BCUT2D eigenvalue weighted by Gasteiger charge is -2.09. The number of carbonyl (C=O) groups is 1. The van der Waals surface area contributed by atoms with Crippen LogP contribution in [0.1, 0.15) is 23.1 Å². The summed E-state index contributed by atoms with van der Waals surface area (Å²) in [7, 11) is 0. The predicted molar refractivity (Wildman–Crippen MR) is 102 cm³/mol. The third-order valence-corrected chi connectivity index (χ3v) is 4.50. The summed E-state index contributed by atoms with van der Waals surface area (Å²) in [5.41, 5.74) is 3.67. The van der Waals surface area contributed by atoms with Gasteiger partial charge in [0.05, 0.1) is 6.54 Å². The summed E-state index contributed by atoms with van der Waals surface area (Å²) in [5, 5.41) is 2.90. The molecular weight excluding hydrogens is 318 g/mol. The van der Waals surface area contributed by atoms with Crippen LogP contribution < -0.4 is 10.1 Å². The molecule has 0 atom stereocenters. The smallest absolute Gasteiger partial charge is 0.220 e. The highest BCUT2D eigenvalue weighted by atomic mass is 32.2. The molecule has 1 amide bonds. The molecule has 0 aliphatic rings. The van der Waals surface area contributed by atoms with Crippen LogP contribution in [0.25, 0.3) is 0 Å². The Balaban J connectivity index is 1.55. The molecule has 3 nitrogen and oxygen atoms in total. The number of hydrogen-bond donors (Lipinski definition) is 1. The van der Waals surface area contributed by atoms with Crippen LogP contribution >= 0.6 is 11.8 Å². The number of hydrogen-bond acceptors (Lipinski definition) is 3. The molecule has 0 aliphatic heterocycles. The van der Waals surface area contributed by atoms with Crippen molar-refractivity contribution in [3.63, 3.8) is 0 Å². The van der Waals surface area contributed by atoms with Crippen molar-refractivity contribution in [2.45, 2.75) is 26.0 Å². The highest BCUT2D eigenvalue weighted by molar-refractivity contribution is 7.98. The molecule has 24 heavy (non-hydrogen) atoms. The van der Waals surface area contributed by atoms with Gasteiger partial charge < -0.3 is 10.1 Å². The molecular formula is C20H25NO2S. The Labute approximate surface area is 148 Å². The maximum Gasteiger partial charge on any atom is 0.220 e. The van der Waals surface area contributed by atoms with E-state index in [0.717, 1.165) is 17.3 Å². The molecule has 0 unspecified atom stereocenters. The van der Waals surface area contributed by atoms with E-state index in [9.17, 15) is 4.79 Å². The fraction of sp³-hybridized carbons (Fsp3) is 0.350. The molecule has 1 N–H and O–H groups in total. The van der Waals surface area contributed by atoms with Gasteiger partial charge in [-0.15, -0.1) is 0 Å². The number of thioether (sulfide) groups is 1. The van der Waals surface area contributed by atoms with Crippen LogP contribution in [0.4, 0.5) is 0 Å². The summed E-state index contributed by atoms with van der Waals surface area (Å²) in [6.07, 6.45) is 0.543. The summed E-state index contributed by atoms with van der Waals surface area (Å²) < 4.78 is 5.68. The van der Waals surface area contributed by atoms with Crippen LogP contribution in [0.5, 0.6) is 5.75 Å². The molecule has 0 bridgehead atoms. The quantitative estimate of drug-likeness (QED) is 0.696. The van der Waals surface area contributed by atoms with E-state index in [1.807, 2.05) is 30.3 Å². The molecule has 2 rings (SSSR count). The number of nitrogens with one attached hydrogen (secondary N) is 1. The van der Waals surface area contributed by atoms with Gasteiger partial charge in [0.1, 0.15) is 12.4 Å². The van der Waals surface area contributed by atoms with Crippen molar-refractivity contribution in [1.82, 2.24) is 5.32 Å². The largest absolute Gasteiger partial charge is 0.492 e. The number of aryl methyl sites for hydroxylation is 2. The van der Waals surface area contributed by atoms with Crippen LogP contribution in [-0.4, -0.2) is 24.8 Å². The molecule has 2 aromatic carbocycles. The van der Waals surface area contributed by atoms with E-state index >= 15 is 0 Å². The molecule has 0 radical (unpaired) electrons. The molecule has 0 fully saturated rings. The minimum absolute atomic E-state index is 0.0829. The van der Waals surface area contributed by atoms with Gasteiger partial charge in [-0.25, -0.2) is 0 Å². The van der Waals surface area contributed by atoms with E-state index in [2.05, 4.69) is 37.4 Å². The zero-order valence-corrected chi connectivity index (χ0v) is 15.2. The number of carbonyl (C=O) groups excluding carboxylic acids is 1. The van der Waals surface area contributed by atoms with Crippen molar-refractivity contribution < 1.29 is 9.53 Å². The van der Waals surface area contributed by atoms with Crippen molar-refractivity contribution in [1.29, 1.82) is 0 Å². The van der Waals surface area contributed by atoms with E-state index in [1.165, 1.54) is 16.7 Å². The standard InChI is InChI=1S/C20H25NO2S/c1-16-12-17(2)14-19(13-16)23-10-9-21-20(22)8-11-24-15-18-6-4-3-5-7-18/h3-7,12-14H,8-11,15H2,1-2H3,(H,21,22). The monoisotopic (exact) mass is 343 g/mol. The average molecular weight is 343 g/mol. The van der Waals surface area contributed by atoms with Crippen molar-refractivity contribution in [2.75, 3.05) is 18.9 Å². The second kappa shape index (κ2) is 10.0. The average Bonchev–Trinajstić information content (AvgIpc) is 2.56. The van der Waals surface area contributed by atoms with Crippen molar-refractivity contribution in [2.24, 2.45) is 0 Å². The summed E-state index contributed by atoms with van der Waals surface area (Å²) in [6, 6.07) is 16.4. The van der Waals surface area contributed by atoms with Gasteiger partial charge in [-0.3, -0.25) is 4.79 Å². The lowest BCUT2D eigenvalue weighted by Crippen LogP contribution is -2.28. The van der Waals surface area contributed by atoms with Crippen LogP contribution in [0.15, 0.2) is 48.5 Å². The fourth-order valence-corrected chi connectivity index (χ4v) is 3.30. The molecule has 0 aliphatic carbocycles. The minimum Gasteiger partial charge on any atom is -0.492 e. The predicted octanol–water partition coefficient (Wildman–Crippen LogP) is 4.12. The third-order valence-electron chi connectivity index (χ3n) is 3.47. The van der Waals surface area contributed by atoms with Crippen LogP contribution in [0.2, 0.25) is 0 Å². The first-order valence-corrected chi connectivity index (χ1v) is 9.38. The molecule has 0 heterocycles. The third kappa shape index (κ3) is 7.09. The lowest BCUT2D eigenvalue weighted by molar-refractivity contribution is -0.120. The van der Waals surface area contributed by atoms with E-state index < -0.39 is 0 Å². The van der Waals surface area contributed by atoms with Crippen LogP contribution in [0, 0.1) is 13.8 Å². The Kier molecular flexibility index (Phi) is 7.69. The van der Waals surface area contributed by atoms with Crippen molar-refractivity contribution in [3.8, 4) is 5.75 Å². The first-order chi connectivity index (χ1) is 11.6. The summed E-state index contributed by atoms with van der Waals surface area (Å²) in [4.78, 5) is 11.8. The lowest BCUT2D eigenvalue weighted by atomic mass is 10.1. The Hall–Kier alpha value is -1.94. The number of rotatable bonds is 9. The van der Waals surface area contributed by atoms with E-state index in [-0.39, 0.29) is 5.91 Å². The van der Waals surface area contributed by atoms with E-state index in [1.54, 1.807) is 11.8 Å². The summed E-state index contributed by atoms with van der Waals surface area (Å²) >= 11 is 1.78. The first-order valence-electron chi connectivity index (χ1n) is 8.23. The number of ether oxygens (including phenoxy) is 1.